The molecule has 80 valence electrons. The van der Waals surface area contributed by atoms with Gasteiger partial charge in [-0.05, 0) is 12.8 Å². The van der Waals surface area contributed by atoms with Crippen LogP contribution in [0.15, 0.2) is 0 Å². The van der Waals surface area contributed by atoms with Crippen molar-refractivity contribution in [2.24, 2.45) is 5.73 Å². The van der Waals surface area contributed by atoms with Gasteiger partial charge in [0, 0.05) is 13.0 Å². The third-order valence-corrected chi connectivity index (χ3v) is 2.26. The molecule has 0 heterocycles. The summed E-state index contributed by atoms with van der Waals surface area (Å²) in [4.78, 5) is 21.9. The molecule has 1 atom stereocenters. The second-order valence-corrected chi connectivity index (χ2v) is 3.53. The lowest BCUT2D eigenvalue weighted by Crippen LogP contribution is -2.50. The standard InChI is InChI=1S/C8H14N2O4/c9-8(2-3-8)7(14)10-5(1-4-11)6(12)13/h5,11H,1-4,9H2,(H,10,14)(H,12,13). The SMILES string of the molecule is NC1(C(=O)NC(CCO)C(=O)O)CC1. The normalized spacial score (nSPS) is 19.9. The third-order valence-electron chi connectivity index (χ3n) is 2.26. The summed E-state index contributed by atoms with van der Waals surface area (Å²) < 4.78 is 0. The number of carbonyl (C=O) groups excluding carboxylic acids is 1. The highest BCUT2D eigenvalue weighted by Gasteiger charge is 2.46. The Kier molecular flexibility index (Phi) is 3.07. The maximum atomic E-state index is 11.3. The van der Waals surface area contributed by atoms with E-state index in [4.69, 9.17) is 15.9 Å². The maximum Gasteiger partial charge on any atom is 0.326 e. The zero-order chi connectivity index (χ0) is 10.8. The lowest BCUT2D eigenvalue weighted by molar-refractivity contribution is -0.142. The van der Waals surface area contributed by atoms with E-state index in [1.54, 1.807) is 0 Å². The van der Waals surface area contributed by atoms with E-state index in [1.165, 1.54) is 0 Å². The highest BCUT2D eigenvalue weighted by Crippen LogP contribution is 2.32. The Morgan fingerprint density at radius 1 is 1.50 bits per heavy atom. The van der Waals surface area contributed by atoms with Gasteiger partial charge in [-0.15, -0.1) is 0 Å². The first-order chi connectivity index (χ1) is 6.49. The second-order valence-electron chi connectivity index (χ2n) is 3.53. The van der Waals surface area contributed by atoms with Gasteiger partial charge in [0.2, 0.25) is 5.91 Å². The van der Waals surface area contributed by atoms with Crippen LogP contribution in [0.4, 0.5) is 0 Å². The van der Waals surface area contributed by atoms with Gasteiger partial charge in [-0.1, -0.05) is 0 Å². The minimum absolute atomic E-state index is 0.00282. The van der Waals surface area contributed by atoms with Crippen LogP contribution in [0.3, 0.4) is 0 Å². The number of aliphatic carboxylic acids is 1. The molecular weight excluding hydrogens is 188 g/mol. The molecule has 6 nitrogen and oxygen atoms in total. The number of hydrogen-bond donors (Lipinski definition) is 4. The molecule has 1 fully saturated rings. The Morgan fingerprint density at radius 2 is 2.07 bits per heavy atom. The summed E-state index contributed by atoms with van der Waals surface area (Å²) in [5.74, 6) is -1.60. The van der Waals surface area contributed by atoms with Crippen LogP contribution in [-0.4, -0.2) is 40.3 Å². The van der Waals surface area contributed by atoms with Gasteiger partial charge in [-0.25, -0.2) is 4.79 Å². The fourth-order valence-corrected chi connectivity index (χ4v) is 1.05. The lowest BCUT2D eigenvalue weighted by Gasteiger charge is -2.15. The average Bonchev–Trinajstić information content (AvgIpc) is 2.84. The van der Waals surface area contributed by atoms with E-state index in [2.05, 4.69) is 5.32 Å². The molecule has 0 aromatic heterocycles. The number of carboxylic acid groups (broad SMARTS) is 1. The minimum atomic E-state index is -1.16. The molecule has 6 heteroatoms. The van der Waals surface area contributed by atoms with Gasteiger partial charge in [0.05, 0.1) is 5.54 Å². The van der Waals surface area contributed by atoms with Crippen LogP contribution in [0.2, 0.25) is 0 Å². The predicted molar refractivity (Wildman–Crippen MR) is 47.4 cm³/mol. The molecule has 0 aromatic rings. The molecule has 1 amide bonds. The van der Waals surface area contributed by atoms with Crippen molar-refractivity contribution in [3.05, 3.63) is 0 Å². The fraction of sp³-hybridized carbons (Fsp3) is 0.750. The monoisotopic (exact) mass is 202 g/mol. The van der Waals surface area contributed by atoms with Crippen molar-refractivity contribution >= 4 is 11.9 Å². The molecule has 1 aliphatic rings. The van der Waals surface area contributed by atoms with Crippen LogP contribution < -0.4 is 11.1 Å². The van der Waals surface area contributed by atoms with Crippen molar-refractivity contribution in [2.45, 2.75) is 30.8 Å². The van der Waals surface area contributed by atoms with Crippen molar-refractivity contribution in [1.82, 2.24) is 5.32 Å². The molecule has 0 radical (unpaired) electrons. The molecule has 0 bridgehead atoms. The number of carbonyl (C=O) groups is 2. The Morgan fingerprint density at radius 3 is 2.43 bits per heavy atom. The van der Waals surface area contributed by atoms with E-state index < -0.39 is 23.5 Å². The van der Waals surface area contributed by atoms with Gasteiger partial charge in [-0.3, -0.25) is 4.79 Å². The third kappa shape index (κ3) is 2.43. The lowest BCUT2D eigenvalue weighted by atomic mass is 10.2. The summed E-state index contributed by atoms with van der Waals surface area (Å²) in [5.41, 5.74) is 4.70. The van der Waals surface area contributed by atoms with E-state index in [-0.39, 0.29) is 13.0 Å². The number of nitrogens with one attached hydrogen (secondary N) is 1. The van der Waals surface area contributed by atoms with E-state index in [0.717, 1.165) is 0 Å². The molecule has 0 saturated heterocycles. The number of amides is 1. The van der Waals surface area contributed by atoms with Gasteiger partial charge in [0.1, 0.15) is 6.04 Å². The Balaban J connectivity index is 2.46. The molecule has 1 rings (SSSR count). The van der Waals surface area contributed by atoms with Crippen LogP contribution in [0.1, 0.15) is 19.3 Å². The average molecular weight is 202 g/mol. The molecule has 0 aromatic carbocycles. The highest BCUT2D eigenvalue weighted by molar-refractivity contribution is 5.92. The molecule has 1 aliphatic carbocycles. The van der Waals surface area contributed by atoms with Gasteiger partial charge < -0.3 is 21.3 Å². The summed E-state index contributed by atoms with van der Waals surface area (Å²) in [6.07, 6.45) is 1.17. The molecular formula is C8H14N2O4. The largest absolute Gasteiger partial charge is 0.480 e. The number of rotatable bonds is 5. The van der Waals surface area contributed by atoms with Crippen molar-refractivity contribution < 1.29 is 19.8 Å². The van der Waals surface area contributed by atoms with Crippen LogP contribution in [0.5, 0.6) is 0 Å². The topological polar surface area (TPSA) is 113 Å². The summed E-state index contributed by atoms with van der Waals surface area (Å²) in [7, 11) is 0. The number of aliphatic hydroxyl groups is 1. The molecule has 1 saturated carbocycles. The first-order valence-electron chi connectivity index (χ1n) is 4.43. The minimum Gasteiger partial charge on any atom is -0.480 e. The van der Waals surface area contributed by atoms with E-state index in [9.17, 15) is 9.59 Å². The van der Waals surface area contributed by atoms with Crippen molar-refractivity contribution in [1.29, 1.82) is 0 Å². The predicted octanol–water partition coefficient (Wildman–Crippen LogP) is -1.57. The molecule has 0 aliphatic heterocycles. The second kappa shape index (κ2) is 3.93. The van der Waals surface area contributed by atoms with Crippen LogP contribution in [-0.2, 0) is 9.59 Å². The first kappa shape index (κ1) is 10.9. The molecule has 1 unspecified atom stereocenters. The molecule has 0 spiro atoms. The summed E-state index contributed by atoms with van der Waals surface area (Å²) >= 11 is 0. The van der Waals surface area contributed by atoms with Gasteiger partial charge in [0.15, 0.2) is 0 Å². The highest BCUT2D eigenvalue weighted by atomic mass is 16.4. The Hall–Kier alpha value is -1.14. The summed E-state index contributed by atoms with van der Waals surface area (Å²) in [5, 5.41) is 19.5. The zero-order valence-corrected chi connectivity index (χ0v) is 7.69. The van der Waals surface area contributed by atoms with Crippen LogP contribution >= 0.6 is 0 Å². The number of hydrogen-bond acceptors (Lipinski definition) is 4. The maximum absolute atomic E-state index is 11.3. The van der Waals surface area contributed by atoms with Crippen molar-refractivity contribution in [2.75, 3.05) is 6.61 Å². The van der Waals surface area contributed by atoms with E-state index in [0.29, 0.717) is 12.8 Å². The van der Waals surface area contributed by atoms with E-state index in [1.807, 2.05) is 0 Å². The van der Waals surface area contributed by atoms with Crippen LogP contribution in [0.25, 0.3) is 0 Å². The number of aliphatic hydroxyl groups excluding tert-OH is 1. The van der Waals surface area contributed by atoms with Gasteiger partial charge >= 0.3 is 5.97 Å². The Labute approximate surface area is 81.1 Å². The molecule has 5 N–H and O–H groups in total. The quantitative estimate of drug-likeness (QED) is 0.430. The summed E-state index contributed by atoms with van der Waals surface area (Å²) in [6, 6.07) is -1.05. The van der Waals surface area contributed by atoms with E-state index >= 15 is 0 Å². The van der Waals surface area contributed by atoms with Crippen LogP contribution in [0, 0.1) is 0 Å². The Bertz CT molecular complexity index is 250. The summed E-state index contributed by atoms with van der Waals surface area (Å²) in [6.45, 7) is -0.283. The van der Waals surface area contributed by atoms with Crippen molar-refractivity contribution in [3.8, 4) is 0 Å². The van der Waals surface area contributed by atoms with Gasteiger partial charge in [0.25, 0.3) is 0 Å². The van der Waals surface area contributed by atoms with Crippen molar-refractivity contribution in [3.63, 3.8) is 0 Å². The number of carboxylic acids is 1. The first-order valence-corrected chi connectivity index (χ1v) is 4.43. The smallest absolute Gasteiger partial charge is 0.326 e. The fourth-order valence-electron chi connectivity index (χ4n) is 1.05. The number of nitrogens with two attached hydrogens (primary N) is 1. The zero-order valence-electron chi connectivity index (χ0n) is 7.69. The molecule has 14 heavy (non-hydrogen) atoms. The van der Waals surface area contributed by atoms with Gasteiger partial charge in [-0.2, -0.15) is 0 Å².